The van der Waals surface area contributed by atoms with Crippen LogP contribution in [0.4, 0.5) is 11.5 Å². The number of nitrogens with one attached hydrogen (secondary N) is 1. The standard InChI is InChI=1S/C26H29BrN6O4/c1-37-21-4-2-3-17(6-21)13-31-14-20(12-28-31)29-23(34)11-25-7-18-5-19(8-25)10-26(9-18,16-25)32-15-22(27)24(30-32)33(35)36/h2-4,6,12,14-15,18-19H,5,7-11,13,16H2,1H3,(H,29,34). The summed E-state index contributed by atoms with van der Waals surface area (Å²) in [5.41, 5.74) is 1.37. The number of nitro groups is 1. The number of hydrogen-bond donors (Lipinski definition) is 1. The summed E-state index contributed by atoms with van der Waals surface area (Å²) < 4.78 is 9.34. The first kappa shape index (κ1) is 24.1. The lowest BCUT2D eigenvalue weighted by atomic mass is 9.46. The van der Waals surface area contributed by atoms with Crippen LogP contribution < -0.4 is 10.1 Å². The van der Waals surface area contributed by atoms with Gasteiger partial charge < -0.3 is 20.2 Å². The van der Waals surface area contributed by atoms with E-state index >= 15 is 0 Å². The van der Waals surface area contributed by atoms with Crippen molar-refractivity contribution in [2.45, 2.75) is 57.0 Å². The van der Waals surface area contributed by atoms with Gasteiger partial charge in [0.05, 0.1) is 42.4 Å². The van der Waals surface area contributed by atoms with E-state index in [1.54, 1.807) is 24.2 Å². The first-order valence-electron chi connectivity index (χ1n) is 12.6. The molecule has 0 saturated heterocycles. The molecule has 1 aromatic carbocycles. The maximum atomic E-state index is 13.3. The van der Waals surface area contributed by atoms with E-state index in [1.165, 1.54) is 6.42 Å². The lowest BCUT2D eigenvalue weighted by molar-refractivity contribution is -0.390. The molecule has 4 fully saturated rings. The van der Waals surface area contributed by atoms with Gasteiger partial charge in [0.2, 0.25) is 5.91 Å². The quantitative estimate of drug-likeness (QED) is 0.297. The van der Waals surface area contributed by atoms with Gasteiger partial charge in [-0.05, 0) is 94.3 Å². The van der Waals surface area contributed by atoms with Crippen molar-refractivity contribution in [3.05, 3.63) is 63.0 Å². The zero-order valence-electron chi connectivity index (χ0n) is 20.6. The Hall–Kier alpha value is -3.21. The van der Waals surface area contributed by atoms with Crippen molar-refractivity contribution < 1.29 is 14.5 Å². The Morgan fingerprint density at radius 2 is 2.05 bits per heavy atom. The second-order valence-electron chi connectivity index (χ2n) is 11.2. The topological polar surface area (TPSA) is 117 Å². The van der Waals surface area contributed by atoms with Crippen LogP contribution >= 0.6 is 15.9 Å². The van der Waals surface area contributed by atoms with Gasteiger partial charge in [-0.25, -0.2) is 0 Å². The number of methoxy groups -OCH3 is 1. The van der Waals surface area contributed by atoms with Crippen molar-refractivity contribution in [2.75, 3.05) is 12.4 Å². The third-order valence-corrected chi connectivity index (χ3v) is 8.95. The summed E-state index contributed by atoms with van der Waals surface area (Å²) in [7, 11) is 1.64. The molecule has 4 aliphatic carbocycles. The van der Waals surface area contributed by atoms with Gasteiger partial charge >= 0.3 is 5.82 Å². The first-order chi connectivity index (χ1) is 17.7. The fourth-order valence-electron chi connectivity index (χ4n) is 7.61. The summed E-state index contributed by atoms with van der Waals surface area (Å²) >= 11 is 3.31. The minimum atomic E-state index is -0.446. The van der Waals surface area contributed by atoms with E-state index in [0.29, 0.717) is 35.0 Å². The molecule has 2 heterocycles. The van der Waals surface area contributed by atoms with Crippen molar-refractivity contribution in [2.24, 2.45) is 17.3 Å². The Morgan fingerprint density at radius 1 is 1.27 bits per heavy atom. The van der Waals surface area contributed by atoms with Gasteiger partial charge in [0.1, 0.15) is 10.2 Å². The van der Waals surface area contributed by atoms with Gasteiger partial charge in [-0.2, -0.15) is 9.78 Å². The number of benzene rings is 1. The van der Waals surface area contributed by atoms with Crippen LogP contribution in [0.1, 0.15) is 50.5 Å². The summed E-state index contributed by atoms with van der Waals surface area (Å²) in [6, 6.07) is 7.83. The van der Waals surface area contributed by atoms with Gasteiger partial charge in [0, 0.05) is 12.6 Å². The molecule has 4 saturated carbocycles. The smallest absolute Gasteiger partial charge is 0.404 e. The molecule has 10 nitrogen and oxygen atoms in total. The fourth-order valence-corrected chi connectivity index (χ4v) is 8.02. The molecular formula is C26H29BrN6O4. The lowest BCUT2D eigenvalue weighted by Crippen LogP contribution is -2.57. The van der Waals surface area contributed by atoms with Crippen molar-refractivity contribution in [3.63, 3.8) is 0 Å². The normalized spacial score (nSPS) is 27.8. The number of halogens is 1. The maximum absolute atomic E-state index is 13.3. The lowest BCUT2D eigenvalue weighted by Gasteiger charge is -2.61. The van der Waals surface area contributed by atoms with Crippen LogP contribution in [0.5, 0.6) is 5.75 Å². The molecule has 11 heteroatoms. The summed E-state index contributed by atoms with van der Waals surface area (Å²) in [4.78, 5) is 24.2. The first-order valence-corrected chi connectivity index (χ1v) is 13.4. The molecule has 1 amide bonds. The molecule has 37 heavy (non-hydrogen) atoms. The minimum absolute atomic E-state index is 0.00865. The fraction of sp³-hybridized carbons (Fsp3) is 0.500. The molecule has 194 valence electrons. The molecule has 3 aromatic rings. The van der Waals surface area contributed by atoms with E-state index in [9.17, 15) is 14.9 Å². The Kier molecular flexibility index (Phi) is 5.85. The third-order valence-electron chi connectivity index (χ3n) is 8.39. The van der Waals surface area contributed by atoms with Crippen LogP contribution in [0.2, 0.25) is 0 Å². The van der Waals surface area contributed by atoms with Crippen molar-refractivity contribution in [3.8, 4) is 5.75 Å². The molecule has 4 aliphatic rings. The van der Waals surface area contributed by atoms with Crippen LogP contribution in [0.3, 0.4) is 0 Å². The highest BCUT2D eigenvalue weighted by Crippen LogP contribution is 2.65. The summed E-state index contributed by atoms with van der Waals surface area (Å²) in [5, 5.41) is 23.3. The molecule has 2 atom stereocenters. The van der Waals surface area contributed by atoms with Gasteiger partial charge in [-0.3, -0.25) is 9.48 Å². The second kappa shape index (κ2) is 8.97. The molecule has 0 radical (unpaired) electrons. The number of hydrogen-bond acceptors (Lipinski definition) is 6. The Bertz CT molecular complexity index is 1350. The number of carbonyl (C=O) groups excluding carboxylic acids is 1. The van der Waals surface area contributed by atoms with Gasteiger partial charge in [-0.15, -0.1) is 0 Å². The second-order valence-corrected chi connectivity index (χ2v) is 12.0. The Balaban J connectivity index is 1.16. The molecule has 2 unspecified atom stereocenters. The molecule has 2 aromatic heterocycles. The molecule has 7 rings (SSSR count). The molecule has 4 bridgehead atoms. The minimum Gasteiger partial charge on any atom is -0.497 e. The molecular weight excluding hydrogens is 540 g/mol. The zero-order chi connectivity index (χ0) is 25.8. The third kappa shape index (κ3) is 4.54. The predicted molar refractivity (Wildman–Crippen MR) is 139 cm³/mol. The van der Waals surface area contributed by atoms with Crippen LogP contribution in [0.25, 0.3) is 0 Å². The van der Waals surface area contributed by atoms with Crippen molar-refractivity contribution in [1.82, 2.24) is 19.6 Å². The highest BCUT2D eigenvalue weighted by Gasteiger charge is 2.60. The molecule has 0 aliphatic heterocycles. The predicted octanol–water partition coefficient (Wildman–Crippen LogP) is 5.13. The van der Waals surface area contributed by atoms with Crippen molar-refractivity contribution in [1.29, 1.82) is 0 Å². The van der Waals surface area contributed by atoms with Crippen LogP contribution in [-0.2, 0) is 16.9 Å². The number of ether oxygens (including phenoxy) is 1. The number of carbonyl (C=O) groups is 1. The van der Waals surface area contributed by atoms with Crippen LogP contribution in [0.15, 0.2) is 47.3 Å². The molecule has 0 spiro atoms. The summed E-state index contributed by atoms with van der Waals surface area (Å²) in [6.45, 7) is 0.578. The van der Waals surface area contributed by atoms with Gasteiger partial charge in [0.15, 0.2) is 0 Å². The Morgan fingerprint density at radius 3 is 2.76 bits per heavy atom. The van der Waals surface area contributed by atoms with E-state index in [-0.39, 0.29) is 22.7 Å². The number of anilines is 1. The van der Waals surface area contributed by atoms with E-state index in [4.69, 9.17) is 4.74 Å². The summed E-state index contributed by atoms with van der Waals surface area (Å²) in [6.07, 6.45) is 11.7. The largest absolute Gasteiger partial charge is 0.497 e. The highest BCUT2D eigenvalue weighted by molar-refractivity contribution is 9.10. The van der Waals surface area contributed by atoms with E-state index in [0.717, 1.165) is 43.4 Å². The van der Waals surface area contributed by atoms with Gasteiger partial charge in [-0.1, -0.05) is 12.1 Å². The van der Waals surface area contributed by atoms with E-state index in [1.807, 2.05) is 35.1 Å². The number of rotatable bonds is 8. The SMILES string of the molecule is COc1cccc(Cn2cc(NC(=O)CC34CC5CC(C3)CC(n3cc(Br)c([N+](=O)[O-])n3)(C5)C4)cn2)c1. The Labute approximate surface area is 222 Å². The van der Waals surface area contributed by atoms with Gasteiger partial charge in [0.25, 0.3) is 0 Å². The highest BCUT2D eigenvalue weighted by atomic mass is 79.9. The number of nitrogens with zero attached hydrogens (tertiary/aromatic N) is 5. The zero-order valence-corrected chi connectivity index (χ0v) is 22.2. The van der Waals surface area contributed by atoms with Crippen LogP contribution in [0, 0.1) is 27.4 Å². The monoisotopic (exact) mass is 568 g/mol. The summed E-state index contributed by atoms with van der Waals surface area (Å²) in [5.74, 6) is 1.67. The number of aromatic nitrogens is 4. The number of amides is 1. The molecule has 1 N–H and O–H groups in total. The van der Waals surface area contributed by atoms with E-state index < -0.39 is 4.92 Å². The average Bonchev–Trinajstić information content (AvgIpc) is 3.44. The van der Waals surface area contributed by atoms with Crippen molar-refractivity contribution >= 4 is 33.3 Å². The van der Waals surface area contributed by atoms with Crippen LogP contribution in [-0.4, -0.2) is 37.5 Å². The maximum Gasteiger partial charge on any atom is 0.404 e. The van der Waals surface area contributed by atoms with E-state index in [2.05, 4.69) is 31.4 Å². The average molecular weight is 569 g/mol.